The zero-order valence-corrected chi connectivity index (χ0v) is 13.2. The molecule has 21 heavy (non-hydrogen) atoms. The number of imide groups is 1. The summed E-state index contributed by atoms with van der Waals surface area (Å²) in [6.45, 7) is 2.99. The molecule has 0 saturated carbocycles. The topological polar surface area (TPSA) is 71.9 Å². The molecule has 1 aromatic rings. The number of carbonyl (C=O) groups is 2. The second-order valence-corrected chi connectivity index (χ2v) is 5.11. The molecule has 0 aliphatic rings. The van der Waals surface area contributed by atoms with Crippen molar-refractivity contribution in [2.45, 2.75) is 13.5 Å². The van der Waals surface area contributed by atoms with Gasteiger partial charge in [-0.1, -0.05) is 11.6 Å². The maximum atomic E-state index is 11.7. The first-order valence-electron chi connectivity index (χ1n) is 6.67. The smallest absolute Gasteiger partial charge is 0.321 e. The third-order valence-electron chi connectivity index (χ3n) is 2.79. The number of carbonyl (C=O) groups excluding carboxylic acids is 2. The molecule has 116 valence electrons. The van der Waals surface area contributed by atoms with Crippen molar-refractivity contribution >= 4 is 23.5 Å². The highest BCUT2D eigenvalue weighted by Gasteiger charge is 2.15. The number of likely N-dealkylation sites (N-methyl/N-ethyl adjacent to an activating group) is 1. The Hall–Kier alpha value is -1.79. The number of amides is 3. The number of quaternary nitrogens is 1. The lowest BCUT2D eigenvalue weighted by molar-refractivity contribution is -0.885. The molecule has 3 amide bonds. The third-order valence-corrected chi connectivity index (χ3v) is 3.02. The number of halogens is 1. The molecule has 6 nitrogen and oxygen atoms in total. The number of ether oxygens (including phenoxy) is 1. The molecule has 0 bridgehead atoms. The van der Waals surface area contributed by atoms with Crippen LogP contribution in [0.2, 0.25) is 5.02 Å². The van der Waals surface area contributed by atoms with Gasteiger partial charge >= 0.3 is 6.03 Å². The van der Waals surface area contributed by atoms with Crippen LogP contribution in [0.15, 0.2) is 18.2 Å². The lowest BCUT2D eigenvalue weighted by Crippen LogP contribution is -3.09. The second-order valence-electron chi connectivity index (χ2n) is 4.67. The number of hydrogen-bond acceptors (Lipinski definition) is 3. The Morgan fingerprint density at radius 2 is 2.10 bits per heavy atom. The molecular formula is C14H21ClN3O3+. The van der Waals surface area contributed by atoms with Crippen molar-refractivity contribution in [3.8, 4) is 5.75 Å². The van der Waals surface area contributed by atoms with Gasteiger partial charge in [-0.05, 0) is 25.1 Å². The van der Waals surface area contributed by atoms with Gasteiger partial charge in [0.25, 0.3) is 5.91 Å². The van der Waals surface area contributed by atoms with Gasteiger partial charge in [0.1, 0.15) is 12.3 Å². The highest BCUT2D eigenvalue weighted by Crippen LogP contribution is 2.21. The number of benzene rings is 1. The van der Waals surface area contributed by atoms with E-state index in [1.165, 1.54) is 0 Å². The minimum atomic E-state index is -0.476. The van der Waals surface area contributed by atoms with Crippen molar-refractivity contribution in [2.24, 2.45) is 0 Å². The van der Waals surface area contributed by atoms with Crippen LogP contribution in [0.25, 0.3) is 0 Å². The van der Waals surface area contributed by atoms with E-state index in [1.54, 1.807) is 26.2 Å². The van der Waals surface area contributed by atoms with Crippen LogP contribution in [-0.4, -0.2) is 39.2 Å². The number of urea groups is 1. The molecule has 1 atom stereocenters. The number of rotatable bonds is 6. The summed E-state index contributed by atoms with van der Waals surface area (Å²) in [5.74, 6) is 0.391. The lowest BCUT2D eigenvalue weighted by atomic mass is 10.2. The van der Waals surface area contributed by atoms with E-state index in [9.17, 15) is 9.59 Å². The monoisotopic (exact) mass is 314 g/mol. The fourth-order valence-electron chi connectivity index (χ4n) is 1.92. The van der Waals surface area contributed by atoms with Gasteiger partial charge < -0.3 is 15.0 Å². The molecule has 1 unspecified atom stereocenters. The van der Waals surface area contributed by atoms with Crippen LogP contribution in [0, 0.1) is 0 Å². The average molecular weight is 315 g/mol. The largest absolute Gasteiger partial charge is 0.496 e. The summed E-state index contributed by atoms with van der Waals surface area (Å²) in [7, 11) is 3.45. The molecule has 0 aliphatic heterocycles. The van der Waals surface area contributed by atoms with E-state index in [-0.39, 0.29) is 12.5 Å². The Labute approximate surface area is 129 Å². The van der Waals surface area contributed by atoms with E-state index < -0.39 is 6.03 Å². The molecule has 0 saturated heterocycles. The molecule has 1 rings (SSSR count). The van der Waals surface area contributed by atoms with Crippen LogP contribution in [-0.2, 0) is 11.3 Å². The summed E-state index contributed by atoms with van der Waals surface area (Å²) in [6, 6.07) is 4.88. The van der Waals surface area contributed by atoms with Crippen LogP contribution in [0.3, 0.4) is 0 Å². The van der Waals surface area contributed by atoms with E-state index in [0.717, 1.165) is 16.2 Å². The van der Waals surface area contributed by atoms with Gasteiger partial charge in [0.05, 0.1) is 14.2 Å². The third kappa shape index (κ3) is 6.01. The fraction of sp³-hybridized carbons (Fsp3) is 0.429. The van der Waals surface area contributed by atoms with E-state index in [1.807, 2.05) is 13.1 Å². The molecular weight excluding hydrogens is 294 g/mol. The van der Waals surface area contributed by atoms with Gasteiger partial charge in [0.2, 0.25) is 0 Å². The zero-order valence-electron chi connectivity index (χ0n) is 12.5. The number of hydrogen-bond donors (Lipinski definition) is 3. The van der Waals surface area contributed by atoms with Gasteiger partial charge in [0, 0.05) is 17.1 Å². The molecule has 3 N–H and O–H groups in total. The average Bonchev–Trinajstić information content (AvgIpc) is 2.38. The van der Waals surface area contributed by atoms with Crippen LogP contribution in [0.5, 0.6) is 5.75 Å². The van der Waals surface area contributed by atoms with Crippen molar-refractivity contribution < 1.29 is 19.2 Å². The van der Waals surface area contributed by atoms with Crippen LogP contribution < -0.4 is 20.3 Å². The predicted octanol–water partition coefficient (Wildman–Crippen LogP) is 0.209. The SMILES string of the molecule is CCNC(=O)NC(=O)C[NH+](C)Cc1cc(Cl)ccc1OC. The molecule has 0 spiro atoms. The van der Waals surface area contributed by atoms with E-state index in [2.05, 4.69) is 10.6 Å². The molecule has 0 heterocycles. The van der Waals surface area contributed by atoms with E-state index in [0.29, 0.717) is 18.1 Å². The van der Waals surface area contributed by atoms with Gasteiger partial charge in [-0.25, -0.2) is 4.79 Å². The van der Waals surface area contributed by atoms with Crippen molar-refractivity contribution in [1.82, 2.24) is 10.6 Å². The Morgan fingerprint density at radius 1 is 1.38 bits per heavy atom. The Balaban J connectivity index is 2.57. The summed E-state index contributed by atoms with van der Waals surface area (Å²) >= 11 is 5.97. The van der Waals surface area contributed by atoms with Gasteiger partial charge in [-0.15, -0.1) is 0 Å². The molecule has 0 fully saturated rings. The van der Waals surface area contributed by atoms with Crippen molar-refractivity contribution in [3.63, 3.8) is 0 Å². The molecule has 0 radical (unpaired) electrons. The summed E-state index contributed by atoms with van der Waals surface area (Å²) < 4.78 is 5.27. The van der Waals surface area contributed by atoms with Crippen LogP contribution in [0.4, 0.5) is 4.79 Å². The zero-order chi connectivity index (χ0) is 15.8. The Morgan fingerprint density at radius 3 is 2.71 bits per heavy atom. The highest BCUT2D eigenvalue weighted by molar-refractivity contribution is 6.30. The lowest BCUT2D eigenvalue weighted by Gasteiger charge is -2.15. The van der Waals surface area contributed by atoms with Crippen molar-refractivity contribution in [2.75, 3.05) is 27.2 Å². The molecule has 0 aromatic heterocycles. The molecule has 1 aromatic carbocycles. The quantitative estimate of drug-likeness (QED) is 0.703. The van der Waals surface area contributed by atoms with Crippen molar-refractivity contribution in [3.05, 3.63) is 28.8 Å². The van der Waals surface area contributed by atoms with Gasteiger partial charge in [0.15, 0.2) is 6.54 Å². The molecule has 7 heteroatoms. The first-order chi connectivity index (χ1) is 9.96. The van der Waals surface area contributed by atoms with Gasteiger partial charge in [-0.2, -0.15) is 0 Å². The molecule has 0 aliphatic carbocycles. The first kappa shape index (κ1) is 17.3. The minimum absolute atomic E-state index is 0.173. The van der Waals surface area contributed by atoms with E-state index >= 15 is 0 Å². The maximum Gasteiger partial charge on any atom is 0.321 e. The summed E-state index contributed by atoms with van der Waals surface area (Å²) in [6.07, 6.45) is 0. The van der Waals surface area contributed by atoms with Crippen molar-refractivity contribution in [1.29, 1.82) is 0 Å². The predicted molar refractivity (Wildman–Crippen MR) is 80.7 cm³/mol. The highest BCUT2D eigenvalue weighted by atomic mass is 35.5. The standard InChI is InChI=1S/C14H20ClN3O3/c1-4-16-14(20)17-13(19)9-18(2)8-10-7-11(15)5-6-12(10)21-3/h5-7H,4,8-9H2,1-3H3,(H2,16,17,19,20)/p+1. The maximum absolute atomic E-state index is 11.7. The Bertz CT molecular complexity index is 508. The van der Waals surface area contributed by atoms with Gasteiger partial charge in [-0.3, -0.25) is 10.1 Å². The fourth-order valence-corrected chi connectivity index (χ4v) is 2.12. The minimum Gasteiger partial charge on any atom is -0.496 e. The first-order valence-corrected chi connectivity index (χ1v) is 7.05. The second kappa shape index (κ2) is 8.49. The summed E-state index contributed by atoms with van der Waals surface area (Å²) in [5, 5.41) is 5.39. The number of methoxy groups -OCH3 is 1. The van der Waals surface area contributed by atoms with E-state index in [4.69, 9.17) is 16.3 Å². The van der Waals surface area contributed by atoms with Crippen LogP contribution >= 0.6 is 11.6 Å². The Kier molecular flexibility index (Phi) is 6.98. The number of nitrogens with one attached hydrogen (secondary N) is 3. The summed E-state index contributed by atoms with van der Waals surface area (Å²) in [5.41, 5.74) is 0.910. The van der Waals surface area contributed by atoms with Crippen LogP contribution in [0.1, 0.15) is 12.5 Å². The normalized spacial score (nSPS) is 11.6. The summed E-state index contributed by atoms with van der Waals surface area (Å²) in [4.78, 5) is 23.9.